The fourth-order valence-corrected chi connectivity index (χ4v) is 5.69. The number of nitrogens with one attached hydrogen (secondary N) is 1. The van der Waals surface area contributed by atoms with Gasteiger partial charge >= 0.3 is 0 Å². The van der Waals surface area contributed by atoms with Crippen molar-refractivity contribution in [2.24, 2.45) is 0 Å². The highest BCUT2D eigenvalue weighted by Crippen LogP contribution is 2.32. The summed E-state index contributed by atoms with van der Waals surface area (Å²) in [6.07, 6.45) is 3.90. The van der Waals surface area contributed by atoms with E-state index in [1.165, 1.54) is 0 Å². The molecule has 2 aliphatic heterocycles. The number of hydrogen-bond acceptors (Lipinski definition) is 4. The third-order valence-electron chi connectivity index (χ3n) is 7.02. The van der Waals surface area contributed by atoms with Crippen LogP contribution in [0.3, 0.4) is 0 Å². The smallest absolute Gasteiger partial charge is 0.240 e. The molecule has 3 atom stereocenters. The Morgan fingerprint density at radius 3 is 2.76 bits per heavy atom. The molecule has 2 fully saturated rings. The first-order valence-electron chi connectivity index (χ1n) is 11.6. The molecular weight excluding hydrogens is 457 g/mol. The standard InChI is InChI=1S/C25H29Cl2N5O/c1-16-14-30(10-11-31(16)25(33)23-4-3-9-28-23)19-6-8-22-24(13-19)32(15-29-22)17(2)20-7-5-18(26)12-21(20)27/h5-8,12-13,15-17,23,28H,3-4,9-11,14H2,1-2H3/t16?,17-,23?/m1/s1. The summed E-state index contributed by atoms with van der Waals surface area (Å²) in [5, 5.41) is 4.62. The molecule has 6 nitrogen and oxygen atoms in total. The molecule has 2 aliphatic rings. The number of hydrogen-bond donors (Lipinski definition) is 1. The van der Waals surface area contributed by atoms with Gasteiger partial charge in [-0.15, -0.1) is 0 Å². The molecule has 2 aromatic carbocycles. The Bertz CT molecular complexity index is 1170. The molecule has 0 bridgehead atoms. The third-order valence-corrected chi connectivity index (χ3v) is 7.58. The van der Waals surface area contributed by atoms with E-state index in [9.17, 15) is 4.79 Å². The molecule has 2 saturated heterocycles. The minimum atomic E-state index is -0.00844. The number of anilines is 1. The van der Waals surface area contributed by atoms with Gasteiger partial charge in [-0.25, -0.2) is 4.98 Å². The minimum absolute atomic E-state index is 0.00844. The topological polar surface area (TPSA) is 53.4 Å². The average Bonchev–Trinajstić information content (AvgIpc) is 3.48. The SMILES string of the molecule is CC1CN(c2ccc3ncn([C@H](C)c4ccc(Cl)cc4Cl)c3c2)CCN1C(=O)C1CCCN1. The quantitative estimate of drug-likeness (QED) is 0.579. The van der Waals surface area contributed by atoms with Gasteiger partial charge in [0.05, 0.1) is 29.4 Å². The van der Waals surface area contributed by atoms with Crippen LogP contribution < -0.4 is 10.2 Å². The van der Waals surface area contributed by atoms with Crippen LogP contribution >= 0.6 is 23.2 Å². The summed E-state index contributed by atoms with van der Waals surface area (Å²) < 4.78 is 2.16. The third kappa shape index (κ3) is 4.32. The second kappa shape index (κ2) is 9.16. The van der Waals surface area contributed by atoms with Crippen molar-refractivity contribution in [3.8, 4) is 0 Å². The maximum atomic E-state index is 12.9. The van der Waals surface area contributed by atoms with Crippen LogP contribution in [0.2, 0.25) is 10.0 Å². The lowest BCUT2D eigenvalue weighted by Crippen LogP contribution is -2.57. The lowest BCUT2D eigenvalue weighted by molar-refractivity contribution is -0.135. The van der Waals surface area contributed by atoms with Crippen LogP contribution in [0.4, 0.5) is 5.69 Å². The fourth-order valence-electron chi connectivity index (χ4n) is 5.12. The fraction of sp³-hybridized carbons (Fsp3) is 0.440. The van der Waals surface area contributed by atoms with Gasteiger partial charge in [-0.2, -0.15) is 0 Å². The summed E-state index contributed by atoms with van der Waals surface area (Å²) in [6.45, 7) is 7.58. The normalized spacial score (nSPS) is 22.2. The Hall–Kier alpha value is -2.28. The van der Waals surface area contributed by atoms with E-state index in [4.69, 9.17) is 23.2 Å². The van der Waals surface area contributed by atoms with Crippen molar-refractivity contribution < 1.29 is 4.79 Å². The maximum absolute atomic E-state index is 12.9. The summed E-state index contributed by atoms with van der Waals surface area (Å²) in [7, 11) is 0. The minimum Gasteiger partial charge on any atom is -0.368 e. The molecule has 0 radical (unpaired) electrons. The maximum Gasteiger partial charge on any atom is 0.240 e. The van der Waals surface area contributed by atoms with Crippen molar-refractivity contribution in [2.45, 2.75) is 44.8 Å². The molecule has 1 amide bonds. The Labute approximate surface area is 204 Å². The number of fused-ring (bicyclic) bond motifs is 1. The molecule has 2 unspecified atom stereocenters. The van der Waals surface area contributed by atoms with Gasteiger partial charge in [0.2, 0.25) is 5.91 Å². The number of rotatable bonds is 4. The van der Waals surface area contributed by atoms with Gasteiger partial charge in [0.25, 0.3) is 0 Å². The van der Waals surface area contributed by atoms with Crippen molar-refractivity contribution in [1.82, 2.24) is 19.8 Å². The van der Waals surface area contributed by atoms with Crippen LogP contribution in [0.25, 0.3) is 11.0 Å². The first-order valence-corrected chi connectivity index (χ1v) is 12.4. The van der Waals surface area contributed by atoms with Gasteiger partial charge in [-0.1, -0.05) is 29.3 Å². The summed E-state index contributed by atoms with van der Waals surface area (Å²) in [4.78, 5) is 21.9. The van der Waals surface area contributed by atoms with Crippen LogP contribution in [-0.4, -0.2) is 58.6 Å². The van der Waals surface area contributed by atoms with Crippen molar-refractivity contribution in [2.75, 3.05) is 31.1 Å². The highest BCUT2D eigenvalue weighted by atomic mass is 35.5. The van der Waals surface area contributed by atoms with Gasteiger partial charge in [0.15, 0.2) is 0 Å². The number of imidazole rings is 1. The molecule has 33 heavy (non-hydrogen) atoms. The number of nitrogens with zero attached hydrogens (tertiary/aromatic N) is 4. The zero-order chi connectivity index (χ0) is 23.1. The molecule has 0 aliphatic carbocycles. The summed E-state index contributed by atoms with van der Waals surface area (Å²) in [5.74, 6) is 0.252. The van der Waals surface area contributed by atoms with E-state index in [1.807, 2.05) is 23.4 Å². The number of carbonyl (C=O) groups excluding carboxylic acids is 1. The van der Waals surface area contributed by atoms with E-state index in [-0.39, 0.29) is 24.0 Å². The van der Waals surface area contributed by atoms with E-state index in [0.29, 0.717) is 10.0 Å². The summed E-state index contributed by atoms with van der Waals surface area (Å²) in [5.41, 5.74) is 4.17. The molecule has 8 heteroatoms. The zero-order valence-electron chi connectivity index (χ0n) is 19.0. The van der Waals surface area contributed by atoms with Crippen LogP contribution in [0.5, 0.6) is 0 Å². The van der Waals surface area contributed by atoms with Gasteiger partial charge in [-0.05, 0) is 69.1 Å². The van der Waals surface area contributed by atoms with Crippen molar-refractivity contribution in [1.29, 1.82) is 0 Å². The molecular formula is C25H29Cl2N5O. The highest BCUT2D eigenvalue weighted by Gasteiger charge is 2.33. The number of halogens is 2. The monoisotopic (exact) mass is 485 g/mol. The second-order valence-corrected chi connectivity index (χ2v) is 9.99. The van der Waals surface area contributed by atoms with Crippen LogP contribution in [-0.2, 0) is 4.79 Å². The highest BCUT2D eigenvalue weighted by molar-refractivity contribution is 6.35. The Balaban J connectivity index is 1.37. The van der Waals surface area contributed by atoms with Crippen molar-refractivity contribution in [3.05, 3.63) is 58.3 Å². The predicted molar refractivity (Wildman–Crippen MR) is 134 cm³/mol. The molecule has 3 aromatic rings. The number of piperazine rings is 1. The molecule has 5 rings (SSSR count). The van der Waals surface area contributed by atoms with Crippen LogP contribution in [0, 0.1) is 0 Å². The largest absolute Gasteiger partial charge is 0.368 e. The Morgan fingerprint density at radius 2 is 2.03 bits per heavy atom. The number of amides is 1. The van der Waals surface area contributed by atoms with Gasteiger partial charge < -0.3 is 19.7 Å². The Kier molecular flexibility index (Phi) is 6.25. The number of carbonyl (C=O) groups is 1. The molecule has 1 aromatic heterocycles. The Morgan fingerprint density at radius 1 is 1.18 bits per heavy atom. The molecule has 174 valence electrons. The lowest BCUT2D eigenvalue weighted by atomic mass is 10.1. The number of aromatic nitrogens is 2. The zero-order valence-corrected chi connectivity index (χ0v) is 20.5. The predicted octanol–water partition coefficient (Wildman–Crippen LogP) is 4.74. The van der Waals surface area contributed by atoms with E-state index in [1.54, 1.807) is 6.07 Å². The summed E-state index contributed by atoms with van der Waals surface area (Å²) in [6, 6.07) is 12.2. The van der Waals surface area contributed by atoms with Crippen LogP contribution in [0.15, 0.2) is 42.7 Å². The molecule has 0 saturated carbocycles. The first-order chi connectivity index (χ1) is 15.9. The van der Waals surface area contributed by atoms with Crippen molar-refractivity contribution >= 4 is 45.8 Å². The van der Waals surface area contributed by atoms with Gasteiger partial charge in [0, 0.05) is 41.4 Å². The van der Waals surface area contributed by atoms with E-state index in [2.05, 4.69) is 51.8 Å². The first kappa shape index (κ1) is 22.5. The van der Waals surface area contributed by atoms with Gasteiger partial charge in [0.1, 0.15) is 0 Å². The lowest BCUT2D eigenvalue weighted by Gasteiger charge is -2.42. The van der Waals surface area contributed by atoms with Crippen LogP contribution in [0.1, 0.15) is 38.3 Å². The van der Waals surface area contributed by atoms with Gasteiger partial charge in [-0.3, -0.25) is 4.79 Å². The van der Waals surface area contributed by atoms with E-state index >= 15 is 0 Å². The number of benzene rings is 2. The average molecular weight is 486 g/mol. The van der Waals surface area contributed by atoms with E-state index < -0.39 is 0 Å². The second-order valence-electron chi connectivity index (χ2n) is 9.14. The summed E-state index contributed by atoms with van der Waals surface area (Å²) >= 11 is 12.6. The molecule has 3 heterocycles. The van der Waals surface area contributed by atoms with E-state index in [0.717, 1.165) is 61.3 Å². The van der Waals surface area contributed by atoms with Crippen molar-refractivity contribution in [3.63, 3.8) is 0 Å². The molecule has 0 spiro atoms. The molecule has 1 N–H and O–H groups in total.